The monoisotopic (exact) mass is 282 g/mol. The molecule has 19 heavy (non-hydrogen) atoms. The van der Waals surface area contributed by atoms with Gasteiger partial charge in [-0.1, -0.05) is 23.8 Å². The molecule has 108 valence electrons. The fourth-order valence-corrected chi connectivity index (χ4v) is 2.85. The van der Waals surface area contributed by atoms with Crippen LogP contribution in [0, 0.1) is 19.8 Å². The largest absolute Gasteiger partial charge is 0.319 e. The highest BCUT2D eigenvalue weighted by atomic mass is 35.5. The Bertz CT molecular complexity index is 384. The second kappa shape index (κ2) is 7.88. The van der Waals surface area contributed by atoms with Gasteiger partial charge in [-0.15, -0.1) is 12.4 Å². The number of rotatable bonds is 4. The van der Waals surface area contributed by atoms with E-state index in [0.29, 0.717) is 0 Å². The molecule has 1 aromatic carbocycles. The number of likely N-dealkylation sites (tertiary alicyclic amines) is 1. The quantitative estimate of drug-likeness (QED) is 0.913. The number of hydrogen-bond acceptors (Lipinski definition) is 2. The fourth-order valence-electron chi connectivity index (χ4n) is 2.85. The third-order valence-corrected chi connectivity index (χ3v) is 4.10. The van der Waals surface area contributed by atoms with E-state index < -0.39 is 0 Å². The van der Waals surface area contributed by atoms with E-state index in [2.05, 4.69) is 49.3 Å². The van der Waals surface area contributed by atoms with Crippen molar-refractivity contribution < 1.29 is 0 Å². The van der Waals surface area contributed by atoms with Gasteiger partial charge in [0.15, 0.2) is 0 Å². The normalized spacial score (nSPS) is 17.2. The maximum atomic E-state index is 3.30. The highest BCUT2D eigenvalue weighted by Gasteiger charge is 2.18. The van der Waals surface area contributed by atoms with Gasteiger partial charge in [0.1, 0.15) is 0 Å². The van der Waals surface area contributed by atoms with Gasteiger partial charge >= 0.3 is 0 Å². The van der Waals surface area contributed by atoms with Crippen LogP contribution in [0.5, 0.6) is 0 Å². The van der Waals surface area contributed by atoms with Crippen LogP contribution in [0.3, 0.4) is 0 Å². The van der Waals surface area contributed by atoms with Crippen LogP contribution in [-0.4, -0.2) is 31.6 Å². The Morgan fingerprint density at radius 2 is 1.89 bits per heavy atom. The van der Waals surface area contributed by atoms with Gasteiger partial charge in [0.05, 0.1) is 0 Å². The molecule has 1 N–H and O–H groups in total. The minimum atomic E-state index is 0. The lowest BCUT2D eigenvalue weighted by Gasteiger charge is -2.32. The third kappa shape index (κ3) is 4.79. The van der Waals surface area contributed by atoms with Crippen molar-refractivity contribution in [3.63, 3.8) is 0 Å². The van der Waals surface area contributed by atoms with E-state index in [-0.39, 0.29) is 12.4 Å². The van der Waals surface area contributed by atoms with Crippen molar-refractivity contribution in [3.8, 4) is 0 Å². The molecule has 0 atom stereocenters. The molecule has 0 amide bonds. The van der Waals surface area contributed by atoms with Crippen LogP contribution in [0.4, 0.5) is 0 Å². The standard InChI is InChI=1S/C16H26N2.ClH/c1-13-4-5-14(2)16(10-13)12-18-8-6-15(7-9-18)11-17-3;/h4-5,10,15,17H,6-9,11-12H2,1-3H3;1H. The summed E-state index contributed by atoms with van der Waals surface area (Å²) in [5.41, 5.74) is 4.31. The summed E-state index contributed by atoms with van der Waals surface area (Å²) in [5.74, 6) is 0.879. The predicted molar refractivity (Wildman–Crippen MR) is 85.1 cm³/mol. The summed E-state index contributed by atoms with van der Waals surface area (Å²) in [6.45, 7) is 9.21. The Balaban J connectivity index is 0.00000180. The molecule has 2 nitrogen and oxygen atoms in total. The zero-order valence-electron chi connectivity index (χ0n) is 12.4. The van der Waals surface area contributed by atoms with Crippen LogP contribution in [0.15, 0.2) is 18.2 Å². The molecule has 2 rings (SSSR count). The van der Waals surface area contributed by atoms with Crippen LogP contribution >= 0.6 is 12.4 Å². The molecule has 3 heteroatoms. The SMILES string of the molecule is CNCC1CCN(Cc2cc(C)ccc2C)CC1.Cl. The Morgan fingerprint density at radius 1 is 1.21 bits per heavy atom. The van der Waals surface area contributed by atoms with Gasteiger partial charge in [0.25, 0.3) is 0 Å². The Labute approximate surface area is 124 Å². The first-order valence-corrected chi connectivity index (χ1v) is 7.12. The lowest BCUT2D eigenvalue weighted by Crippen LogP contribution is -2.36. The van der Waals surface area contributed by atoms with Crippen LogP contribution in [0.1, 0.15) is 29.5 Å². The topological polar surface area (TPSA) is 15.3 Å². The van der Waals surface area contributed by atoms with Gasteiger partial charge in [0.2, 0.25) is 0 Å². The predicted octanol–water partition coefficient (Wildman–Crippen LogP) is 3.16. The smallest absolute Gasteiger partial charge is 0.0236 e. The molecule has 1 aliphatic heterocycles. The summed E-state index contributed by atoms with van der Waals surface area (Å²) in [6.07, 6.45) is 2.68. The molecule has 0 bridgehead atoms. The van der Waals surface area contributed by atoms with Crippen molar-refractivity contribution >= 4 is 12.4 Å². The average Bonchev–Trinajstić information content (AvgIpc) is 2.37. The van der Waals surface area contributed by atoms with Gasteiger partial charge in [0, 0.05) is 6.54 Å². The van der Waals surface area contributed by atoms with Gasteiger partial charge in [-0.25, -0.2) is 0 Å². The van der Waals surface area contributed by atoms with Crippen molar-refractivity contribution in [1.82, 2.24) is 10.2 Å². The van der Waals surface area contributed by atoms with Gasteiger partial charge in [-0.05, 0) is 70.4 Å². The lowest BCUT2D eigenvalue weighted by molar-refractivity contribution is 0.176. The number of aryl methyl sites for hydroxylation is 2. The van der Waals surface area contributed by atoms with E-state index in [0.717, 1.165) is 12.5 Å². The summed E-state index contributed by atoms with van der Waals surface area (Å²) in [4.78, 5) is 2.61. The summed E-state index contributed by atoms with van der Waals surface area (Å²) in [5, 5.41) is 3.30. The van der Waals surface area contributed by atoms with E-state index in [1.807, 2.05) is 0 Å². The maximum Gasteiger partial charge on any atom is 0.0236 e. The minimum Gasteiger partial charge on any atom is -0.319 e. The van der Waals surface area contributed by atoms with Crippen molar-refractivity contribution in [2.75, 3.05) is 26.7 Å². The van der Waals surface area contributed by atoms with E-state index in [9.17, 15) is 0 Å². The molecule has 0 aliphatic carbocycles. The van der Waals surface area contributed by atoms with Crippen LogP contribution in [-0.2, 0) is 6.54 Å². The number of benzene rings is 1. The number of halogens is 1. The molecular weight excluding hydrogens is 256 g/mol. The Morgan fingerprint density at radius 3 is 2.53 bits per heavy atom. The first-order chi connectivity index (χ1) is 8.69. The van der Waals surface area contributed by atoms with Gasteiger partial charge in [-0.3, -0.25) is 4.90 Å². The van der Waals surface area contributed by atoms with Crippen molar-refractivity contribution in [1.29, 1.82) is 0 Å². The zero-order chi connectivity index (χ0) is 13.0. The van der Waals surface area contributed by atoms with Crippen LogP contribution in [0.25, 0.3) is 0 Å². The Hall–Kier alpha value is -0.570. The molecule has 1 fully saturated rings. The molecule has 0 radical (unpaired) electrons. The Kier molecular flexibility index (Phi) is 6.84. The second-order valence-corrected chi connectivity index (χ2v) is 5.71. The van der Waals surface area contributed by atoms with Crippen LogP contribution in [0.2, 0.25) is 0 Å². The molecule has 1 aliphatic rings. The molecule has 0 saturated carbocycles. The first kappa shape index (κ1) is 16.5. The lowest BCUT2D eigenvalue weighted by atomic mass is 9.96. The third-order valence-electron chi connectivity index (χ3n) is 4.10. The molecule has 1 heterocycles. The number of hydrogen-bond donors (Lipinski definition) is 1. The zero-order valence-corrected chi connectivity index (χ0v) is 13.2. The molecular formula is C16H27ClN2. The molecule has 0 unspecified atom stereocenters. The van der Waals surface area contributed by atoms with Crippen LogP contribution < -0.4 is 5.32 Å². The highest BCUT2D eigenvalue weighted by molar-refractivity contribution is 5.85. The summed E-state index contributed by atoms with van der Waals surface area (Å²) in [6, 6.07) is 6.80. The summed E-state index contributed by atoms with van der Waals surface area (Å²) < 4.78 is 0. The van der Waals surface area contributed by atoms with E-state index in [1.165, 1.54) is 49.2 Å². The number of nitrogens with zero attached hydrogens (tertiary/aromatic N) is 1. The fraction of sp³-hybridized carbons (Fsp3) is 0.625. The van der Waals surface area contributed by atoms with E-state index in [4.69, 9.17) is 0 Å². The summed E-state index contributed by atoms with van der Waals surface area (Å²) >= 11 is 0. The second-order valence-electron chi connectivity index (χ2n) is 5.71. The summed E-state index contributed by atoms with van der Waals surface area (Å²) in [7, 11) is 2.06. The minimum absolute atomic E-state index is 0. The number of nitrogens with one attached hydrogen (secondary N) is 1. The maximum absolute atomic E-state index is 3.30. The van der Waals surface area contributed by atoms with Crippen molar-refractivity contribution in [2.24, 2.45) is 5.92 Å². The van der Waals surface area contributed by atoms with Gasteiger partial charge in [-0.2, -0.15) is 0 Å². The van der Waals surface area contributed by atoms with Crippen molar-refractivity contribution in [3.05, 3.63) is 34.9 Å². The van der Waals surface area contributed by atoms with Crippen molar-refractivity contribution in [2.45, 2.75) is 33.2 Å². The number of piperidine rings is 1. The van der Waals surface area contributed by atoms with Gasteiger partial charge < -0.3 is 5.32 Å². The van der Waals surface area contributed by atoms with E-state index >= 15 is 0 Å². The van der Waals surface area contributed by atoms with E-state index in [1.54, 1.807) is 0 Å². The molecule has 1 saturated heterocycles. The highest BCUT2D eigenvalue weighted by Crippen LogP contribution is 2.20. The molecule has 0 spiro atoms. The average molecular weight is 283 g/mol. The molecule has 0 aromatic heterocycles. The molecule has 1 aromatic rings. The first-order valence-electron chi connectivity index (χ1n) is 7.12.